The van der Waals surface area contributed by atoms with Gasteiger partial charge >= 0.3 is 0 Å². The van der Waals surface area contributed by atoms with Gasteiger partial charge in [0, 0.05) is 6.20 Å². The molecule has 0 aliphatic rings. The maximum Gasteiger partial charge on any atom is 0.299 e. The van der Waals surface area contributed by atoms with Gasteiger partial charge in [-0.1, -0.05) is 0 Å². The SMILES string of the molecule is O=c1[nH]cc(C(F)F)c([N+](=O)[O-])c1Br. The van der Waals surface area contributed by atoms with Crippen LogP contribution in [0, 0.1) is 10.1 Å². The number of rotatable bonds is 2. The lowest BCUT2D eigenvalue weighted by Gasteiger charge is -2.01. The fourth-order valence-electron chi connectivity index (χ4n) is 0.861. The quantitative estimate of drug-likeness (QED) is 0.658. The highest BCUT2D eigenvalue weighted by Gasteiger charge is 2.26. The molecule has 0 amide bonds. The van der Waals surface area contributed by atoms with Crippen LogP contribution in [0.1, 0.15) is 12.0 Å². The molecular formula is C6H3BrF2N2O3. The molecule has 0 unspecified atom stereocenters. The van der Waals surface area contributed by atoms with Gasteiger partial charge in [-0.15, -0.1) is 0 Å². The molecule has 0 aromatic carbocycles. The molecule has 0 radical (unpaired) electrons. The summed E-state index contributed by atoms with van der Waals surface area (Å²) in [5, 5.41) is 10.4. The summed E-state index contributed by atoms with van der Waals surface area (Å²) < 4.78 is 24.0. The maximum atomic E-state index is 12.3. The van der Waals surface area contributed by atoms with E-state index in [0.717, 1.165) is 0 Å². The number of hydrogen-bond donors (Lipinski definition) is 1. The van der Waals surface area contributed by atoms with Crippen LogP contribution in [0.4, 0.5) is 14.5 Å². The van der Waals surface area contributed by atoms with Gasteiger partial charge in [0.1, 0.15) is 5.56 Å². The van der Waals surface area contributed by atoms with E-state index >= 15 is 0 Å². The van der Waals surface area contributed by atoms with Gasteiger partial charge in [0.05, 0.1) is 4.92 Å². The van der Waals surface area contributed by atoms with Gasteiger partial charge in [-0.2, -0.15) is 0 Å². The van der Waals surface area contributed by atoms with E-state index in [9.17, 15) is 23.7 Å². The second kappa shape index (κ2) is 3.82. The topological polar surface area (TPSA) is 76.0 Å². The molecule has 0 saturated heterocycles. The molecular weight excluding hydrogens is 266 g/mol. The van der Waals surface area contributed by atoms with Crippen LogP contribution < -0.4 is 5.56 Å². The Hall–Kier alpha value is -1.31. The van der Waals surface area contributed by atoms with Crippen molar-refractivity contribution in [1.29, 1.82) is 0 Å². The molecule has 0 aliphatic carbocycles. The van der Waals surface area contributed by atoms with E-state index in [1.165, 1.54) is 0 Å². The molecule has 1 heterocycles. The van der Waals surface area contributed by atoms with Crippen LogP contribution in [0.25, 0.3) is 0 Å². The molecule has 0 bridgehead atoms. The van der Waals surface area contributed by atoms with Crippen LogP contribution >= 0.6 is 15.9 Å². The van der Waals surface area contributed by atoms with Gasteiger partial charge in [-0.05, 0) is 15.9 Å². The third kappa shape index (κ3) is 1.79. The second-order valence-corrected chi connectivity index (χ2v) is 3.09. The summed E-state index contributed by atoms with van der Waals surface area (Å²) in [5.74, 6) is 0. The van der Waals surface area contributed by atoms with E-state index in [1.807, 2.05) is 4.98 Å². The number of nitro groups is 1. The Bertz CT molecular complexity index is 432. The molecule has 8 heteroatoms. The Morgan fingerprint density at radius 2 is 2.14 bits per heavy atom. The molecule has 1 aromatic heterocycles. The van der Waals surface area contributed by atoms with Crippen molar-refractivity contribution in [3.8, 4) is 0 Å². The standard InChI is InChI=1S/C6H3BrF2N2O3/c7-3-4(11(13)14)2(5(8)9)1-10-6(3)12/h1,5H,(H,10,12). The first-order chi connectivity index (χ1) is 6.45. The van der Waals surface area contributed by atoms with Gasteiger partial charge in [0.15, 0.2) is 4.47 Å². The van der Waals surface area contributed by atoms with E-state index in [4.69, 9.17) is 0 Å². The van der Waals surface area contributed by atoms with E-state index in [-0.39, 0.29) is 0 Å². The molecule has 0 aliphatic heterocycles. The zero-order chi connectivity index (χ0) is 10.9. The van der Waals surface area contributed by atoms with Crippen molar-refractivity contribution in [2.45, 2.75) is 6.43 Å². The average molecular weight is 269 g/mol. The number of aromatic amines is 1. The first kappa shape index (κ1) is 10.8. The molecule has 0 spiro atoms. The summed E-state index contributed by atoms with van der Waals surface area (Å²) in [6, 6.07) is 0. The lowest BCUT2D eigenvalue weighted by Crippen LogP contribution is -2.11. The number of nitrogens with one attached hydrogen (secondary N) is 1. The van der Waals surface area contributed by atoms with Gasteiger partial charge in [-0.3, -0.25) is 14.9 Å². The van der Waals surface area contributed by atoms with Crippen molar-refractivity contribution >= 4 is 21.6 Å². The fraction of sp³-hybridized carbons (Fsp3) is 0.167. The van der Waals surface area contributed by atoms with Crippen molar-refractivity contribution in [2.24, 2.45) is 0 Å². The smallest absolute Gasteiger partial charge is 0.299 e. The van der Waals surface area contributed by atoms with Crippen molar-refractivity contribution in [2.75, 3.05) is 0 Å². The predicted octanol–water partition coefficient (Wildman–Crippen LogP) is 1.98. The van der Waals surface area contributed by atoms with Crippen molar-refractivity contribution in [1.82, 2.24) is 4.98 Å². The average Bonchev–Trinajstić information content (AvgIpc) is 2.08. The number of alkyl halides is 2. The Morgan fingerprint density at radius 3 is 2.57 bits per heavy atom. The normalized spacial score (nSPS) is 10.6. The largest absolute Gasteiger partial charge is 0.327 e. The zero-order valence-corrected chi connectivity index (χ0v) is 8.05. The molecule has 14 heavy (non-hydrogen) atoms. The lowest BCUT2D eigenvalue weighted by atomic mass is 10.2. The summed E-state index contributed by atoms with van der Waals surface area (Å²) in [6.07, 6.45) is -2.38. The molecule has 1 aromatic rings. The zero-order valence-electron chi connectivity index (χ0n) is 6.46. The molecule has 0 atom stereocenters. The first-order valence-corrected chi connectivity index (χ1v) is 4.08. The van der Waals surface area contributed by atoms with Crippen molar-refractivity contribution in [3.63, 3.8) is 0 Å². The number of aromatic nitrogens is 1. The highest BCUT2D eigenvalue weighted by atomic mass is 79.9. The predicted molar refractivity (Wildman–Crippen MR) is 46.4 cm³/mol. The van der Waals surface area contributed by atoms with Crippen molar-refractivity contribution < 1.29 is 13.7 Å². The number of nitrogens with zero attached hydrogens (tertiary/aromatic N) is 1. The lowest BCUT2D eigenvalue weighted by molar-refractivity contribution is -0.387. The number of pyridine rings is 1. The highest BCUT2D eigenvalue weighted by molar-refractivity contribution is 9.10. The van der Waals surface area contributed by atoms with Crippen LogP contribution in [0.2, 0.25) is 0 Å². The van der Waals surface area contributed by atoms with Gasteiger partial charge in [0.2, 0.25) is 0 Å². The van der Waals surface area contributed by atoms with Crippen LogP contribution in [-0.2, 0) is 0 Å². The Labute approximate surface area is 84.0 Å². The highest BCUT2D eigenvalue weighted by Crippen LogP contribution is 2.31. The first-order valence-electron chi connectivity index (χ1n) is 3.28. The summed E-state index contributed by atoms with van der Waals surface area (Å²) >= 11 is 2.58. The van der Waals surface area contributed by atoms with E-state index in [1.54, 1.807) is 0 Å². The monoisotopic (exact) mass is 268 g/mol. The van der Waals surface area contributed by atoms with Crippen LogP contribution in [0.3, 0.4) is 0 Å². The molecule has 0 saturated carbocycles. The van der Waals surface area contributed by atoms with E-state index < -0.39 is 32.6 Å². The van der Waals surface area contributed by atoms with Gasteiger partial charge < -0.3 is 4.98 Å². The summed E-state index contributed by atoms with van der Waals surface area (Å²) in [4.78, 5) is 22.2. The molecule has 76 valence electrons. The van der Waals surface area contributed by atoms with Crippen LogP contribution in [0.15, 0.2) is 15.5 Å². The number of hydrogen-bond acceptors (Lipinski definition) is 3. The minimum Gasteiger partial charge on any atom is -0.327 e. The third-order valence-electron chi connectivity index (χ3n) is 1.46. The minimum absolute atomic E-state index is 0.500. The van der Waals surface area contributed by atoms with Crippen molar-refractivity contribution in [3.05, 3.63) is 36.7 Å². The van der Waals surface area contributed by atoms with Gasteiger partial charge in [-0.25, -0.2) is 8.78 Å². The third-order valence-corrected chi connectivity index (χ3v) is 2.19. The number of halogens is 3. The summed E-state index contributed by atoms with van der Waals surface area (Å²) in [5.41, 5.74) is -2.54. The molecule has 0 fully saturated rings. The molecule has 5 nitrogen and oxygen atoms in total. The van der Waals surface area contributed by atoms with Gasteiger partial charge in [0.25, 0.3) is 17.7 Å². The molecule has 1 N–H and O–H groups in total. The molecule has 1 rings (SSSR count). The number of H-pyrrole nitrogens is 1. The Kier molecular flexibility index (Phi) is 2.94. The van der Waals surface area contributed by atoms with Crippen LogP contribution in [0.5, 0.6) is 0 Å². The van der Waals surface area contributed by atoms with Crippen LogP contribution in [-0.4, -0.2) is 9.91 Å². The summed E-state index contributed by atoms with van der Waals surface area (Å²) in [6.45, 7) is 0. The second-order valence-electron chi connectivity index (χ2n) is 2.29. The Balaban J connectivity index is 3.54. The minimum atomic E-state index is -3.01. The van der Waals surface area contributed by atoms with E-state index in [2.05, 4.69) is 15.9 Å². The maximum absolute atomic E-state index is 12.3. The summed E-state index contributed by atoms with van der Waals surface area (Å²) in [7, 11) is 0. The fourth-order valence-corrected chi connectivity index (χ4v) is 1.35. The Morgan fingerprint density at radius 1 is 1.57 bits per heavy atom. The van der Waals surface area contributed by atoms with E-state index in [0.29, 0.717) is 6.20 Å².